The maximum absolute atomic E-state index is 13.6. The standard InChI is InChI=1S/C30H29ClN6O3/c1-17-3-2-4-23-26(38)13-25-28(27(17)23)19(14-31)15-36(25)30(40)24-16-37(35-34-24)22-11-9-21(10-12-22)33-29(39)18-5-7-20(32)8-6-18/h2-5,7-9,11,13,16,18-19,38H,6,10,12,14-15,32H2,1H3,(H,33,39)/t18?,19-/m1/s1. The number of amides is 2. The average Bonchev–Trinajstić information content (AvgIpc) is 3.59. The second-order valence-electron chi connectivity index (χ2n) is 10.4. The minimum absolute atomic E-state index is 0.0631. The quantitative estimate of drug-likeness (QED) is 0.398. The first kappa shape index (κ1) is 25.9. The number of phenolic OH excluding ortho intramolecular Hbond substituents is 1. The van der Waals surface area contributed by atoms with Gasteiger partial charge in [0.25, 0.3) is 5.91 Å². The van der Waals surface area contributed by atoms with Gasteiger partial charge < -0.3 is 21.1 Å². The van der Waals surface area contributed by atoms with Crippen LogP contribution in [0.25, 0.3) is 16.5 Å². The van der Waals surface area contributed by atoms with Gasteiger partial charge in [-0.3, -0.25) is 9.59 Å². The fraction of sp³-hybridized carbons (Fsp3) is 0.267. The number of hydrogen-bond acceptors (Lipinski definition) is 6. The van der Waals surface area contributed by atoms with E-state index in [1.165, 1.54) is 0 Å². The summed E-state index contributed by atoms with van der Waals surface area (Å²) in [5.74, 6) is -0.208. The molecule has 2 aliphatic carbocycles. The zero-order valence-electron chi connectivity index (χ0n) is 22.0. The fourth-order valence-corrected chi connectivity index (χ4v) is 5.91. The summed E-state index contributed by atoms with van der Waals surface area (Å²) in [6, 6.07) is 7.42. The molecule has 204 valence electrons. The summed E-state index contributed by atoms with van der Waals surface area (Å²) < 4.78 is 1.60. The average molecular weight is 557 g/mol. The van der Waals surface area contributed by atoms with E-state index < -0.39 is 0 Å². The Morgan fingerprint density at radius 3 is 2.83 bits per heavy atom. The largest absolute Gasteiger partial charge is 0.507 e. The molecule has 1 unspecified atom stereocenters. The number of carbonyl (C=O) groups is 2. The summed E-state index contributed by atoms with van der Waals surface area (Å²) >= 11 is 6.36. The van der Waals surface area contributed by atoms with Crippen LogP contribution in [0.1, 0.15) is 46.8 Å². The Labute approximate surface area is 236 Å². The van der Waals surface area contributed by atoms with Gasteiger partial charge in [0.15, 0.2) is 5.69 Å². The highest BCUT2D eigenvalue weighted by molar-refractivity contribution is 6.19. The molecule has 10 heteroatoms. The van der Waals surface area contributed by atoms with Crippen LogP contribution in [-0.4, -0.2) is 44.3 Å². The Balaban J connectivity index is 1.21. The number of rotatable bonds is 5. The first-order chi connectivity index (χ1) is 19.3. The molecule has 9 nitrogen and oxygen atoms in total. The molecule has 2 amide bonds. The van der Waals surface area contributed by atoms with Crippen molar-refractivity contribution in [1.29, 1.82) is 0 Å². The van der Waals surface area contributed by atoms with Gasteiger partial charge in [-0.2, -0.15) is 0 Å². The van der Waals surface area contributed by atoms with Gasteiger partial charge in [0.1, 0.15) is 5.75 Å². The Kier molecular flexibility index (Phi) is 6.67. The van der Waals surface area contributed by atoms with E-state index in [4.69, 9.17) is 17.3 Å². The third-order valence-electron chi connectivity index (χ3n) is 7.78. The first-order valence-electron chi connectivity index (χ1n) is 13.2. The zero-order valence-corrected chi connectivity index (χ0v) is 22.7. The number of alkyl halides is 1. The number of nitrogens with two attached hydrogens (primary N) is 1. The summed E-state index contributed by atoms with van der Waals surface area (Å²) in [5, 5.41) is 23.8. The number of nitrogens with one attached hydrogen (secondary N) is 1. The third-order valence-corrected chi connectivity index (χ3v) is 8.16. The molecule has 0 bridgehead atoms. The Bertz CT molecular complexity index is 1670. The van der Waals surface area contributed by atoms with Crippen LogP contribution in [0.3, 0.4) is 0 Å². The fourth-order valence-electron chi connectivity index (χ4n) is 5.66. The smallest absolute Gasteiger partial charge is 0.280 e. The number of anilines is 1. The van der Waals surface area contributed by atoms with Crippen LogP contribution < -0.4 is 16.0 Å². The van der Waals surface area contributed by atoms with Gasteiger partial charge in [-0.1, -0.05) is 35.6 Å². The molecule has 2 heterocycles. The number of phenols is 1. The van der Waals surface area contributed by atoms with E-state index in [1.54, 1.807) is 27.9 Å². The van der Waals surface area contributed by atoms with E-state index in [9.17, 15) is 14.7 Å². The highest BCUT2D eigenvalue weighted by Crippen LogP contribution is 2.46. The van der Waals surface area contributed by atoms with Gasteiger partial charge in [0, 0.05) is 46.9 Å². The van der Waals surface area contributed by atoms with Crippen molar-refractivity contribution >= 4 is 45.6 Å². The summed E-state index contributed by atoms with van der Waals surface area (Å²) in [5.41, 5.74) is 10.9. The lowest BCUT2D eigenvalue weighted by molar-refractivity contribution is -0.122. The molecule has 40 heavy (non-hydrogen) atoms. The SMILES string of the molecule is Cc1cccc2c(O)cc3c(c12)[C@H](CCl)CN3C(=O)c1cn(C2=CC=C(NC(=O)C3C=CC(N)=CC3)CC2)nn1. The van der Waals surface area contributed by atoms with Crippen LogP contribution in [-0.2, 0) is 4.79 Å². The van der Waals surface area contributed by atoms with E-state index in [0.29, 0.717) is 43.1 Å². The van der Waals surface area contributed by atoms with Crippen LogP contribution in [0.2, 0.25) is 0 Å². The van der Waals surface area contributed by atoms with Crippen molar-refractivity contribution in [3.8, 4) is 5.75 Å². The summed E-state index contributed by atoms with van der Waals surface area (Å²) in [4.78, 5) is 27.9. The van der Waals surface area contributed by atoms with Crippen molar-refractivity contribution in [3.05, 3.63) is 89.1 Å². The lowest BCUT2D eigenvalue weighted by Gasteiger charge is -2.19. The van der Waals surface area contributed by atoms with Crippen molar-refractivity contribution < 1.29 is 14.7 Å². The molecular weight excluding hydrogens is 528 g/mol. The number of aromatic hydroxyl groups is 1. The van der Waals surface area contributed by atoms with Gasteiger partial charge in [-0.25, -0.2) is 4.68 Å². The number of aromatic nitrogens is 3. The first-order valence-corrected chi connectivity index (χ1v) is 13.8. The molecule has 2 atom stereocenters. The lowest BCUT2D eigenvalue weighted by Crippen LogP contribution is -2.30. The predicted octanol–water partition coefficient (Wildman–Crippen LogP) is 4.48. The second-order valence-corrected chi connectivity index (χ2v) is 10.7. The van der Waals surface area contributed by atoms with Crippen LogP contribution in [0.5, 0.6) is 5.75 Å². The highest BCUT2D eigenvalue weighted by atomic mass is 35.5. The Morgan fingerprint density at radius 2 is 2.10 bits per heavy atom. The van der Waals surface area contributed by atoms with Gasteiger partial charge in [-0.15, -0.1) is 16.7 Å². The number of benzene rings is 2. The van der Waals surface area contributed by atoms with Crippen LogP contribution in [0.4, 0.5) is 5.69 Å². The van der Waals surface area contributed by atoms with Gasteiger partial charge in [0.05, 0.1) is 17.8 Å². The van der Waals surface area contributed by atoms with Crippen LogP contribution in [0.15, 0.2) is 72.2 Å². The minimum Gasteiger partial charge on any atom is -0.507 e. The lowest BCUT2D eigenvalue weighted by atomic mass is 9.92. The summed E-state index contributed by atoms with van der Waals surface area (Å²) in [6.07, 6.45) is 12.6. The van der Waals surface area contributed by atoms with Gasteiger partial charge in [0.2, 0.25) is 5.91 Å². The molecule has 0 radical (unpaired) electrons. The molecule has 2 aromatic carbocycles. The monoisotopic (exact) mass is 556 g/mol. The molecule has 6 rings (SSSR count). The normalized spacial score (nSPS) is 20.1. The van der Waals surface area contributed by atoms with Crippen molar-refractivity contribution in [2.24, 2.45) is 11.7 Å². The van der Waals surface area contributed by atoms with Crippen LogP contribution in [0, 0.1) is 12.8 Å². The van der Waals surface area contributed by atoms with Crippen LogP contribution >= 0.6 is 11.6 Å². The molecule has 3 aromatic rings. The van der Waals surface area contributed by atoms with Gasteiger partial charge >= 0.3 is 0 Å². The Hall–Kier alpha value is -4.37. The third kappa shape index (κ3) is 4.56. The molecule has 0 spiro atoms. The summed E-state index contributed by atoms with van der Waals surface area (Å²) in [7, 11) is 0. The zero-order chi connectivity index (χ0) is 28.0. The number of halogens is 1. The number of fused-ring (bicyclic) bond motifs is 3. The number of allylic oxidation sites excluding steroid dienone is 6. The highest BCUT2D eigenvalue weighted by Gasteiger charge is 2.36. The number of carbonyl (C=O) groups excluding carboxylic acids is 2. The molecule has 1 aliphatic heterocycles. The molecule has 4 N–H and O–H groups in total. The van der Waals surface area contributed by atoms with E-state index in [1.807, 2.05) is 49.4 Å². The summed E-state index contributed by atoms with van der Waals surface area (Å²) in [6.45, 7) is 2.39. The van der Waals surface area contributed by atoms with Crippen molar-refractivity contribution in [1.82, 2.24) is 20.3 Å². The number of hydrogen-bond donors (Lipinski definition) is 3. The minimum atomic E-state index is -0.303. The number of nitrogens with zero attached hydrogens (tertiary/aromatic N) is 4. The molecule has 3 aliphatic rings. The van der Waals surface area contributed by atoms with Gasteiger partial charge in [-0.05, 0) is 60.9 Å². The molecule has 0 saturated heterocycles. The van der Waals surface area contributed by atoms with E-state index in [-0.39, 0.29) is 35.1 Å². The van der Waals surface area contributed by atoms with E-state index in [2.05, 4.69) is 15.6 Å². The topological polar surface area (TPSA) is 126 Å². The Morgan fingerprint density at radius 1 is 1.25 bits per heavy atom. The molecule has 0 saturated carbocycles. The second kappa shape index (κ2) is 10.3. The molecular formula is C30H29ClN6O3. The maximum atomic E-state index is 13.6. The number of aryl methyl sites for hydroxylation is 1. The molecule has 0 fully saturated rings. The maximum Gasteiger partial charge on any atom is 0.280 e. The van der Waals surface area contributed by atoms with E-state index >= 15 is 0 Å². The van der Waals surface area contributed by atoms with Crippen molar-refractivity contribution in [2.45, 2.75) is 32.1 Å². The molecule has 1 aromatic heterocycles. The van der Waals surface area contributed by atoms with E-state index in [0.717, 1.165) is 33.3 Å². The predicted molar refractivity (Wildman–Crippen MR) is 155 cm³/mol. The van der Waals surface area contributed by atoms with Crippen molar-refractivity contribution in [3.63, 3.8) is 0 Å². The van der Waals surface area contributed by atoms with Crippen molar-refractivity contribution in [2.75, 3.05) is 17.3 Å².